The molecule has 1 aliphatic heterocycles. The molecule has 6 nitrogen and oxygen atoms in total. The fraction of sp³-hybridized carbons (Fsp3) is 0.750. The molecule has 0 saturated heterocycles. The van der Waals surface area contributed by atoms with E-state index in [1.807, 2.05) is 0 Å². The van der Waals surface area contributed by atoms with Crippen LogP contribution in [0.25, 0.3) is 0 Å². The van der Waals surface area contributed by atoms with Gasteiger partial charge in [0.05, 0.1) is 0 Å². The Labute approximate surface area is 106 Å². The molecule has 0 aromatic rings. The van der Waals surface area contributed by atoms with Gasteiger partial charge < -0.3 is 10.4 Å². The Morgan fingerprint density at radius 2 is 2.17 bits per heavy atom. The maximum Gasteiger partial charge on any atom is 0.267 e. The van der Waals surface area contributed by atoms with Gasteiger partial charge in [-0.3, -0.25) is 9.59 Å². The second kappa shape index (κ2) is 5.95. The van der Waals surface area contributed by atoms with Gasteiger partial charge in [0, 0.05) is 26.0 Å². The topological polar surface area (TPSA) is 90.8 Å². The van der Waals surface area contributed by atoms with Gasteiger partial charge >= 0.3 is 0 Å². The summed E-state index contributed by atoms with van der Waals surface area (Å²) in [7, 11) is 0. The second-order valence-electron chi connectivity index (χ2n) is 4.94. The molecule has 1 heterocycles. The van der Waals surface area contributed by atoms with Gasteiger partial charge in [-0.25, -0.2) is 5.43 Å². The van der Waals surface area contributed by atoms with Crippen LogP contribution in [0, 0.1) is 11.8 Å². The molecule has 100 valence electrons. The number of carbonyl (C=O) groups excluding carboxylic acids is 2. The number of nitrogens with one attached hydrogen (secondary N) is 2. The smallest absolute Gasteiger partial charge is 0.267 e. The summed E-state index contributed by atoms with van der Waals surface area (Å²) in [6, 6.07) is 0. The third kappa shape index (κ3) is 3.07. The van der Waals surface area contributed by atoms with Crippen LogP contribution >= 0.6 is 0 Å². The Morgan fingerprint density at radius 1 is 1.39 bits per heavy atom. The summed E-state index contributed by atoms with van der Waals surface area (Å²) in [5.41, 5.74) is 2.69. The van der Waals surface area contributed by atoms with E-state index in [2.05, 4.69) is 15.8 Å². The maximum absolute atomic E-state index is 11.8. The fourth-order valence-electron chi connectivity index (χ4n) is 2.59. The first-order valence-corrected chi connectivity index (χ1v) is 6.45. The average Bonchev–Trinajstić information content (AvgIpc) is 2.84. The number of hydrazone groups is 1. The van der Waals surface area contributed by atoms with Gasteiger partial charge in [0.2, 0.25) is 5.91 Å². The van der Waals surface area contributed by atoms with Crippen LogP contribution in [0.3, 0.4) is 0 Å². The predicted molar refractivity (Wildman–Crippen MR) is 65.7 cm³/mol. The van der Waals surface area contributed by atoms with Crippen LogP contribution in [0.2, 0.25) is 0 Å². The molecular weight excluding hydrogens is 234 g/mol. The molecule has 3 N–H and O–H groups in total. The van der Waals surface area contributed by atoms with Gasteiger partial charge in [0.15, 0.2) is 0 Å². The number of hydrogen-bond donors (Lipinski definition) is 3. The van der Waals surface area contributed by atoms with E-state index >= 15 is 0 Å². The highest BCUT2D eigenvalue weighted by Gasteiger charge is 2.27. The van der Waals surface area contributed by atoms with E-state index in [4.69, 9.17) is 0 Å². The van der Waals surface area contributed by atoms with Crippen LogP contribution in [-0.2, 0) is 9.59 Å². The standard InChI is InChI=1S/C12H19N3O3/c16-7-9-3-1-2-8(9)6-13-12(18)10-4-5-11(17)15-14-10/h8-9,16H,1-7H2,(H,13,18)(H,15,17). The van der Waals surface area contributed by atoms with Gasteiger partial charge in [-0.05, 0) is 24.7 Å². The van der Waals surface area contributed by atoms with Crippen molar-refractivity contribution in [1.82, 2.24) is 10.7 Å². The summed E-state index contributed by atoms with van der Waals surface area (Å²) in [6.45, 7) is 0.772. The number of hydrogen-bond acceptors (Lipinski definition) is 4. The first-order chi connectivity index (χ1) is 8.70. The summed E-state index contributed by atoms with van der Waals surface area (Å²) in [4.78, 5) is 22.7. The van der Waals surface area contributed by atoms with E-state index in [0.29, 0.717) is 36.9 Å². The van der Waals surface area contributed by atoms with Crippen LogP contribution in [0.15, 0.2) is 5.10 Å². The number of nitrogens with zero attached hydrogens (tertiary/aromatic N) is 1. The van der Waals surface area contributed by atoms with Crippen LogP contribution in [-0.4, -0.2) is 35.8 Å². The van der Waals surface area contributed by atoms with Crippen LogP contribution in [0.5, 0.6) is 0 Å². The lowest BCUT2D eigenvalue weighted by Crippen LogP contribution is -2.39. The number of amides is 2. The van der Waals surface area contributed by atoms with Crippen LogP contribution in [0.1, 0.15) is 32.1 Å². The van der Waals surface area contributed by atoms with Crippen molar-refractivity contribution in [2.45, 2.75) is 32.1 Å². The Kier molecular flexibility index (Phi) is 4.30. The molecule has 0 bridgehead atoms. The summed E-state index contributed by atoms with van der Waals surface area (Å²) >= 11 is 0. The molecule has 1 saturated carbocycles. The zero-order valence-electron chi connectivity index (χ0n) is 10.3. The molecule has 0 radical (unpaired) electrons. The lowest BCUT2D eigenvalue weighted by Gasteiger charge is -2.18. The van der Waals surface area contributed by atoms with E-state index in [1.165, 1.54) is 0 Å². The predicted octanol–water partition coefficient (Wildman–Crippen LogP) is -0.223. The number of aliphatic hydroxyl groups is 1. The first kappa shape index (κ1) is 13.0. The monoisotopic (exact) mass is 253 g/mol. The van der Waals surface area contributed by atoms with Crippen molar-refractivity contribution in [3.8, 4) is 0 Å². The highest BCUT2D eigenvalue weighted by Crippen LogP contribution is 2.30. The molecule has 2 rings (SSSR count). The van der Waals surface area contributed by atoms with Crippen molar-refractivity contribution in [1.29, 1.82) is 0 Å². The zero-order valence-corrected chi connectivity index (χ0v) is 10.3. The highest BCUT2D eigenvalue weighted by atomic mass is 16.3. The summed E-state index contributed by atoms with van der Waals surface area (Å²) < 4.78 is 0. The third-order valence-electron chi connectivity index (χ3n) is 3.74. The molecule has 1 aliphatic carbocycles. The minimum atomic E-state index is -0.210. The van der Waals surface area contributed by atoms with Crippen LogP contribution < -0.4 is 10.7 Å². The largest absolute Gasteiger partial charge is 0.396 e. The highest BCUT2D eigenvalue weighted by molar-refractivity contribution is 6.39. The summed E-state index contributed by atoms with van der Waals surface area (Å²) in [6.07, 6.45) is 3.91. The molecular formula is C12H19N3O3. The van der Waals surface area contributed by atoms with Crippen molar-refractivity contribution in [3.05, 3.63) is 0 Å². The zero-order chi connectivity index (χ0) is 13.0. The molecule has 6 heteroatoms. The minimum Gasteiger partial charge on any atom is -0.396 e. The number of carbonyl (C=O) groups is 2. The average molecular weight is 253 g/mol. The Hall–Kier alpha value is -1.43. The van der Waals surface area contributed by atoms with E-state index in [9.17, 15) is 14.7 Å². The SMILES string of the molecule is O=C1CCC(C(=O)NCC2CCCC2CO)=NN1. The Morgan fingerprint density at radius 3 is 2.83 bits per heavy atom. The lowest BCUT2D eigenvalue weighted by molar-refractivity contribution is -0.121. The summed E-state index contributed by atoms with van der Waals surface area (Å²) in [5, 5.41) is 15.8. The van der Waals surface area contributed by atoms with Gasteiger partial charge in [0.1, 0.15) is 5.71 Å². The van der Waals surface area contributed by atoms with E-state index in [0.717, 1.165) is 19.3 Å². The lowest BCUT2D eigenvalue weighted by atomic mass is 9.97. The fourth-order valence-corrected chi connectivity index (χ4v) is 2.59. The molecule has 2 atom stereocenters. The van der Waals surface area contributed by atoms with Gasteiger partial charge in [-0.2, -0.15) is 5.10 Å². The molecule has 18 heavy (non-hydrogen) atoms. The van der Waals surface area contributed by atoms with Crippen molar-refractivity contribution >= 4 is 17.5 Å². The van der Waals surface area contributed by atoms with Crippen molar-refractivity contribution < 1.29 is 14.7 Å². The van der Waals surface area contributed by atoms with Crippen molar-refractivity contribution in [3.63, 3.8) is 0 Å². The number of aliphatic hydroxyl groups excluding tert-OH is 1. The van der Waals surface area contributed by atoms with Gasteiger partial charge in [-0.15, -0.1) is 0 Å². The van der Waals surface area contributed by atoms with Crippen molar-refractivity contribution in [2.75, 3.05) is 13.2 Å². The molecule has 0 aromatic heterocycles. The van der Waals surface area contributed by atoms with Gasteiger partial charge in [0.25, 0.3) is 5.91 Å². The normalized spacial score (nSPS) is 27.6. The Bertz CT molecular complexity index is 368. The molecule has 0 aromatic carbocycles. The van der Waals surface area contributed by atoms with E-state index in [1.54, 1.807) is 0 Å². The summed E-state index contributed by atoms with van der Waals surface area (Å²) in [5.74, 6) is 0.303. The molecule has 1 fully saturated rings. The number of rotatable bonds is 4. The van der Waals surface area contributed by atoms with Crippen LogP contribution in [0.4, 0.5) is 0 Å². The first-order valence-electron chi connectivity index (χ1n) is 6.45. The maximum atomic E-state index is 11.8. The molecule has 2 aliphatic rings. The Balaban J connectivity index is 1.79. The second-order valence-corrected chi connectivity index (χ2v) is 4.94. The van der Waals surface area contributed by atoms with E-state index in [-0.39, 0.29) is 18.4 Å². The van der Waals surface area contributed by atoms with E-state index < -0.39 is 0 Å². The van der Waals surface area contributed by atoms with Crippen molar-refractivity contribution in [2.24, 2.45) is 16.9 Å². The minimum absolute atomic E-state index is 0.150. The molecule has 0 spiro atoms. The quantitative estimate of drug-likeness (QED) is 0.646. The third-order valence-corrected chi connectivity index (χ3v) is 3.74. The molecule has 2 amide bonds. The van der Waals surface area contributed by atoms with Gasteiger partial charge in [-0.1, -0.05) is 6.42 Å². The molecule has 2 unspecified atom stereocenters.